The van der Waals surface area contributed by atoms with Crippen molar-refractivity contribution in [2.45, 2.75) is 47.1 Å². The van der Waals surface area contributed by atoms with Crippen LogP contribution in [0, 0.1) is 12.8 Å². The van der Waals surface area contributed by atoms with E-state index in [2.05, 4.69) is 46.6 Å². The van der Waals surface area contributed by atoms with Crippen LogP contribution in [0.4, 0.5) is 5.82 Å². The summed E-state index contributed by atoms with van der Waals surface area (Å²) in [6.07, 6.45) is 2.61. The summed E-state index contributed by atoms with van der Waals surface area (Å²) in [4.78, 5) is 14.0. The molecule has 1 fully saturated rings. The van der Waals surface area contributed by atoms with Crippen LogP contribution in [0.1, 0.15) is 45.1 Å². The molecule has 1 aliphatic heterocycles. The van der Waals surface area contributed by atoms with E-state index in [4.69, 9.17) is 5.10 Å². The summed E-state index contributed by atoms with van der Waals surface area (Å²) in [6, 6.07) is 2.10. The maximum absolute atomic E-state index is 4.75. The van der Waals surface area contributed by atoms with Gasteiger partial charge in [0.15, 0.2) is 5.82 Å². The van der Waals surface area contributed by atoms with Crippen LogP contribution in [-0.4, -0.2) is 50.7 Å². The van der Waals surface area contributed by atoms with Gasteiger partial charge in [-0.1, -0.05) is 6.92 Å². The number of anilines is 1. The quantitative estimate of drug-likeness (QED) is 0.848. The smallest absolute Gasteiger partial charge is 0.254 e. The lowest BCUT2D eigenvalue weighted by Gasteiger charge is -2.29. The molecule has 0 saturated carbocycles. The number of hydrogen-bond donors (Lipinski definition) is 0. The Labute approximate surface area is 138 Å². The Hall–Kier alpha value is -1.69. The second-order valence-corrected chi connectivity index (χ2v) is 6.65. The van der Waals surface area contributed by atoms with Gasteiger partial charge in [-0.25, -0.2) is 4.98 Å². The number of hydrogen-bond acceptors (Lipinski definition) is 5. The maximum atomic E-state index is 4.75. The summed E-state index contributed by atoms with van der Waals surface area (Å²) in [5, 5.41) is 4.75. The first-order valence-corrected chi connectivity index (χ1v) is 8.81. The van der Waals surface area contributed by atoms with Crippen molar-refractivity contribution >= 4 is 11.6 Å². The van der Waals surface area contributed by atoms with Crippen LogP contribution < -0.4 is 4.90 Å². The maximum Gasteiger partial charge on any atom is 0.254 e. The van der Waals surface area contributed by atoms with Gasteiger partial charge in [0.1, 0.15) is 5.82 Å². The van der Waals surface area contributed by atoms with Crippen molar-refractivity contribution in [3.05, 3.63) is 17.6 Å². The van der Waals surface area contributed by atoms with Crippen LogP contribution in [0.2, 0.25) is 0 Å². The molecule has 0 bridgehead atoms. The molecule has 0 amide bonds. The molecule has 1 saturated heterocycles. The van der Waals surface area contributed by atoms with Gasteiger partial charge in [0.05, 0.1) is 6.54 Å². The fourth-order valence-electron chi connectivity index (χ4n) is 3.48. The van der Waals surface area contributed by atoms with Crippen molar-refractivity contribution in [2.75, 3.05) is 31.1 Å². The topological polar surface area (TPSA) is 49.6 Å². The Morgan fingerprint density at radius 1 is 1.26 bits per heavy atom. The molecular formula is C17H28N6. The summed E-state index contributed by atoms with van der Waals surface area (Å²) >= 11 is 0. The van der Waals surface area contributed by atoms with E-state index < -0.39 is 0 Å². The van der Waals surface area contributed by atoms with Gasteiger partial charge in [-0.05, 0) is 46.1 Å². The lowest BCUT2D eigenvalue weighted by atomic mass is 10.0. The van der Waals surface area contributed by atoms with Crippen molar-refractivity contribution in [1.82, 2.24) is 24.5 Å². The molecule has 6 heteroatoms. The molecule has 0 spiro atoms. The monoisotopic (exact) mass is 316 g/mol. The summed E-state index contributed by atoms with van der Waals surface area (Å²) < 4.78 is 1.91. The highest BCUT2D eigenvalue weighted by Gasteiger charge is 2.19. The molecular weight excluding hydrogens is 288 g/mol. The highest BCUT2D eigenvalue weighted by molar-refractivity contribution is 5.47. The third kappa shape index (κ3) is 3.47. The third-order valence-corrected chi connectivity index (χ3v) is 4.66. The first-order valence-electron chi connectivity index (χ1n) is 8.81. The summed E-state index contributed by atoms with van der Waals surface area (Å²) in [5.41, 5.74) is 0.991. The minimum atomic E-state index is 0.715. The number of aryl methyl sites for hydroxylation is 1. The van der Waals surface area contributed by atoms with Gasteiger partial charge in [0.25, 0.3) is 5.78 Å². The fraction of sp³-hybridized carbons (Fsp3) is 0.706. The largest absolute Gasteiger partial charge is 0.357 e. The first-order chi connectivity index (χ1) is 11.1. The van der Waals surface area contributed by atoms with Gasteiger partial charge in [0.2, 0.25) is 0 Å². The zero-order valence-electron chi connectivity index (χ0n) is 14.8. The predicted molar refractivity (Wildman–Crippen MR) is 92.8 cm³/mol. The molecule has 0 aliphatic carbocycles. The average molecular weight is 316 g/mol. The van der Waals surface area contributed by atoms with E-state index in [0.717, 1.165) is 56.0 Å². The second kappa shape index (κ2) is 6.83. The van der Waals surface area contributed by atoms with Crippen molar-refractivity contribution in [1.29, 1.82) is 0 Å². The summed E-state index contributed by atoms with van der Waals surface area (Å²) in [6.45, 7) is 13.7. The molecule has 1 aliphatic rings. The number of rotatable bonds is 5. The number of fused-ring (bicyclic) bond motifs is 1. The van der Waals surface area contributed by atoms with Gasteiger partial charge >= 0.3 is 0 Å². The highest BCUT2D eigenvalue weighted by Crippen LogP contribution is 2.19. The van der Waals surface area contributed by atoms with Gasteiger partial charge < -0.3 is 4.90 Å². The highest BCUT2D eigenvalue weighted by atomic mass is 15.4. The Kier molecular flexibility index (Phi) is 4.80. The molecule has 126 valence electrons. The zero-order valence-corrected chi connectivity index (χ0v) is 14.8. The Morgan fingerprint density at radius 2 is 2.04 bits per heavy atom. The van der Waals surface area contributed by atoms with Gasteiger partial charge in [0, 0.05) is 31.4 Å². The van der Waals surface area contributed by atoms with Crippen LogP contribution in [-0.2, 0) is 6.54 Å². The van der Waals surface area contributed by atoms with E-state index in [1.54, 1.807) is 0 Å². The lowest BCUT2D eigenvalue weighted by Crippen LogP contribution is -2.34. The van der Waals surface area contributed by atoms with E-state index >= 15 is 0 Å². The summed E-state index contributed by atoms with van der Waals surface area (Å²) in [5.74, 6) is 3.45. The number of nitrogens with zero attached hydrogens (tertiary/aromatic N) is 6. The fourth-order valence-corrected chi connectivity index (χ4v) is 3.48. The van der Waals surface area contributed by atoms with Crippen LogP contribution in [0.25, 0.3) is 5.78 Å². The average Bonchev–Trinajstić information content (AvgIpc) is 2.90. The van der Waals surface area contributed by atoms with Crippen LogP contribution in [0.5, 0.6) is 0 Å². The Morgan fingerprint density at radius 3 is 2.74 bits per heavy atom. The molecule has 3 rings (SSSR count). The molecule has 23 heavy (non-hydrogen) atoms. The van der Waals surface area contributed by atoms with Gasteiger partial charge in [-0.3, -0.25) is 4.90 Å². The molecule has 3 heterocycles. The lowest BCUT2D eigenvalue weighted by molar-refractivity contribution is 0.173. The Bertz CT molecular complexity index is 660. The van der Waals surface area contributed by atoms with Crippen molar-refractivity contribution in [3.8, 4) is 0 Å². The minimum Gasteiger partial charge on any atom is -0.357 e. The van der Waals surface area contributed by atoms with E-state index in [0.29, 0.717) is 5.78 Å². The zero-order chi connectivity index (χ0) is 16.4. The van der Waals surface area contributed by atoms with E-state index in [1.807, 2.05) is 11.4 Å². The molecule has 6 nitrogen and oxygen atoms in total. The summed E-state index contributed by atoms with van der Waals surface area (Å²) in [7, 11) is 0. The molecule has 2 aromatic heterocycles. The minimum absolute atomic E-state index is 0.715. The van der Waals surface area contributed by atoms with Gasteiger partial charge in [-0.2, -0.15) is 9.50 Å². The number of piperidine rings is 1. The number of likely N-dealkylation sites (tertiary alicyclic amines) is 1. The molecule has 0 aromatic carbocycles. The van der Waals surface area contributed by atoms with Crippen LogP contribution in [0.15, 0.2) is 6.07 Å². The third-order valence-electron chi connectivity index (χ3n) is 4.66. The van der Waals surface area contributed by atoms with E-state index in [-0.39, 0.29) is 0 Å². The molecule has 0 unspecified atom stereocenters. The molecule has 0 N–H and O–H groups in total. The van der Waals surface area contributed by atoms with E-state index in [9.17, 15) is 0 Å². The SMILES string of the molecule is CCN(CC)c1cc(C)nc2nc(CN3CCC[C@H](C)C3)nn12. The van der Waals surface area contributed by atoms with Gasteiger partial charge in [-0.15, -0.1) is 5.10 Å². The normalized spacial score (nSPS) is 19.4. The standard InChI is InChI=1S/C17H28N6/c1-5-22(6-2)16-10-14(4)18-17-19-15(20-23(16)17)12-21-9-7-8-13(3)11-21/h10,13H,5-9,11-12H2,1-4H3/t13-/m0/s1. The predicted octanol–water partition coefficient (Wildman–Crippen LogP) is 2.51. The van der Waals surface area contributed by atoms with Crippen LogP contribution in [0.3, 0.4) is 0 Å². The van der Waals surface area contributed by atoms with Crippen molar-refractivity contribution in [2.24, 2.45) is 5.92 Å². The Balaban J connectivity index is 1.90. The molecule has 0 radical (unpaired) electrons. The molecule has 2 aromatic rings. The van der Waals surface area contributed by atoms with Crippen molar-refractivity contribution < 1.29 is 0 Å². The van der Waals surface area contributed by atoms with E-state index in [1.165, 1.54) is 12.8 Å². The first kappa shape index (κ1) is 16.2. The number of aromatic nitrogens is 4. The second-order valence-electron chi connectivity index (χ2n) is 6.65. The molecule has 1 atom stereocenters. The van der Waals surface area contributed by atoms with Crippen LogP contribution >= 0.6 is 0 Å². The van der Waals surface area contributed by atoms with Crippen molar-refractivity contribution in [3.63, 3.8) is 0 Å².